The van der Waals surface area contributed by atoms with Crippen molar-refractivity contribution in [2.24, 2.45) is 0 Å². The summed E-state index contributed by atoms with van der Waals surface area (Å²) in [6.45, 7) is 1.67. The predicted octanol–water partition coefficient (Wildman–Crippen LogP) is 2.37. The van der Waals surface area contributed by atoms with Crippen LogP contribution in [0.3, 0.4) is 0 Å². The van der Waals surface area contributed by atoms with Crippen LogP contribution in [0.5, 0.6) is 0 Å². The highest BCUT2D eigenvalue weighted by molar-refractivity contribution is 7.99. The van der Waals surface area contributed by atoms with E-state index in [-0.39, 0.29) is 22.9 Å². The molecule has 142 valence electrons. The highest BCUT2D eigenvalue weighted by atomic mass is 32.2. The van der Waals surface area contributed by atoms with Crippen LogP contribution in [-0.2, 0) is 6.18 Å². The highest BCUT2D eigenvalue weighted by Crippen LogP contribution is 2.35. The van der Waals surface area contributed by atoms with Gasteiger partial charge in [-0.25, -0.2) is 4.68 Å². The second-order valence-corrected chi connectivity index (χ2v) is 6.61. The Morgan fingerprint density at radius 3 is 2.44 bits per heavy atom. The van der Waals surface area contributed by atoms with Gasteiger partial charge in [-0.1, -0.05) is 30.0 Å². The van der Waals surface area contributed by atoms with Gasteiger partial charge in [0.25, 0.3) is 5.82 Å². The first-order valence-electron chi connectivity index (χ1n) is 7.52. The van der Waals surface area contributed by atoms with Crippen LogP contribution in [0, 0.1) is 0 Å². The fourth-order valence-corrected chi connectivity index (χ4v) is 2.87. The monoisotopic (exact) mass is 397 g/mol. The van der Waals surface area contributed by atoms with Crippen LogP contribution in [0.25, 0.3) is 0 Å². The van der Waals surface area contributed by atoms with Gasteiger partial charge in [0, 0.05) is 5.69 Å². The molecule has 3 rings (SSSR count). The molecule has 0 aliphatic rings. The number of nitrogens with two attached hydrogens (primary N) is 2. The fourth-order valence-electron chi connectivity index (χ4n) is 2.06. The number of halogens is 3. The number of alkyl halides is 3. The van der Waals surface area contributed by atoms with E-state index >= 15 is 0 Å². The minimum atomic E-state index is -4.70. The maximum absolute atomic E-state index is 12.8. The second-order valence-electron chi connectivity index (χ2n) is 5.30. The normalized spacial score (nSPS) is 12.7. The van der Waals surface area contributed by atoms with Crippen LogP contribution >= 0.6 is 11.8 Å². The third-order valence-corrected chi connectivity index (χ3v) is 4.32. The molecule has 5 N–H and O–H groups in total. The molecule has 27 heavy (non-hydrogen) atoms. The molecule has 3 aromatic rings. The Morgan fingerprint density at radius 2 is 1.81 bits per heavy atom. The summed E-state index contributed by atoms with van der Waals surface area (Å²) in [5.74, 6) is 4.58. The van der Waals surface area contributed by atoms with E-state index in [0.717, 1.165) is 17.4 Å². The van der Waals surface area contributed by atoms with Gasteiger partial charge in [0.05, 0.1) is 5.25 Å². The minimum absolute atomic E-state index is 0.0314. The average molecular weight is 397 g/mol. The Balaban J connectivity index is 1.81. The number of hydrogen-bond acceptors (Lipinski definition) is 9. The van der Waals surface area contributed by atoms with E-state index in [4.69, 9.17) is 11.6 Å². The molecule has 0 saturated heterocycles. The lowest BCUT2D eigenvalue weighted by Gasteiger charge is -2.12. The van der Waals surface area contributed by atoms with Crippen LogP contribution < -0.4 is 16.9 Å². The number of aromatic nitrogens is 6. The van der Waals surface area contributed by atoms with E-state index in [1.165, 1.54) is 0 Å². The number of hydrogen-bond donors (Lipinski definition) is 3. The van der Waals surface area contributed by atoms with Crippen molar-refractivity contribution >= 4 is 29.3 Å². The van der Waals surface area contributed by atoms with E-state index < -0.39 is 17.3 Å². The molecule has 1 aromatic carbocycles. The maximum atomic E-state index is 12.8. The SMILES string of the molecule is CC(Sc1nnc(C(F)(F)F)n1N)c1nc(N)nc(Nc2ccccc2)n1. The summed E-state index contributed by atoms with van der Waals surface area (Å²) in [5.41, 5.74) is 6.46. The molecule has 0 bridgehead atoms. The highest BCUT2D eigenvalue weighted by Gasteiger charge is 2.38. The van der Waals surface area contributed by atoms with Crippen molar-refractivity contribution < 1.29 is 13.2 Å². The van der Waals surface area contributed by atoms with Gasteiger partial charge in [0.15, 0.2) is 0 Å². The summed E-state index contributed by atoms with van der Waals surface area (Å²) < 4.78 is 38.7. The van der Waals surface area contributed by atoms with Gasteiger partial charge in [0.1, 0.15) is 5.82 Å². The number of nitrogens with one attached hydrogen (secondary N) is 1. The first kappa shape index (κ1) is 18.7. The summed E-state index contributed by atoms with van der Waals surface area (Å²) >= 11 is 0.912. The van der Waals surface area contributed by atoms with Gasteiger partial charge in [-0.05, 0) is 19.1 Å². The molecule has 9 nitrogen and oxygen atoms in total. The molecule has 0 aliphatic carbocycles. The molecular formula is C14H14F3N9S. The third kappa shape index (κ3) is 4.36. The van der Waals surface area contributed by atoms with Crippen molar-refractivity contribution in [3.63, 3.8) is 0 Å². The van der Waals surface area contributed by atoms with Crippen LogP contribution in [0.2, 0.25) is 0 Å². The van der Waals surface area contributed by atoms with E-state index in [2.05, 4.69) is 30.5 Å². The van der Waals surface area contributed by atoms with E-state index in [1.807, 2.05) is 30.3 Å². The van der Waals surface area contributed by atoms with Crippen molar-refractivity contribution in [1.82, 2.24) is 29.8 Å². The Kier molecular flexibility index (Phi) is 5.03. The Hall–Kier alpha value is -3.09. The van der Waals surface area contributed by atoms with Crippen LogP contribution in [0.4, 0.5) is 30.8 Å². The standard InChI is InChI=1S/C14H14F3N9S/c1-7(27-13-25-24-10(26(13)19)14(15,16)17)9-21-11(18)23-12(22-9)20-8-5-3-2-4-6-8/h2-7H,19H2,1H3,(H3,18,20,21,22,23). The molecule has 1 unspecified atom stereocenters. The number of para-hydroxylation sites is 1. The maximum Gasteiger partial charge on any atom is 0.453 e. The molecule has 2 aromatic heterocycles. The van der Waals surface area contributed by atoms with Gasteiger partial charge in [-0.3, -0.25) is 0 Å². The van der Waals surface area contributed by atoms with Gasteiger partial charge < -0.3 is 16.9 Å². The Bertz CT molecular complexity index is 929. The number of benzene rings is 1. The summed E-state index contributed by atoms with van der Waals surface area (Å²) in [6, 6.07) is 9.15. The molecule has 2 heterocycles. The smallest absolute Gasteiger partial charge is 0.368 e. The van der Waals surface area contributed by atoms with Gasteiger partial charge in [-0.15, -0.1) is 10.2 Å². The molecule has 1 atom stereocenters. The molecule has 0 spiro atoms. The molecule has 0 aliphatic heterocycles. The summed E-state index contributed by atoms with van der Waals surface area (Å²) in [5, 5.41) is 8.88. The quantitative estimate of drug-likeness (QED) is 0.438. The molecular weight excluding hydrogens is 383 g/mol. The number of nitrogen functional groups attached to an aromatic ring is 2. The third-order valence-electron chi connectivity index (χ3n) is 3.26. The molecule has 13 heteroatoms. The molecule has 0 saturated carbocycles. The van der Waals surface area contributed by atoms with Crippen LogP contribution in [0.1, 0.15) is 23.8 Å². The Labute approximate surface area is 155 Å². The first-order chi connectivity index (χ1) is 12.7. The summed E-state index contributed by atoms with van der Waals surface area (Å²) in [4.78, 5) is 12.3. The van der Waals surface area contributed by atoms with Crippen molar-refractivity contribution in [1.29, 1.82) is 0 Å². The lowest BCUT2D eigenvalue weighted by atomic mass is 10.3. The van der Waals surface area contributed by atoms with Crippen molar-refractivity contribution in [3.05, 3.63) is 42.0 Å². The van der Waals surface area contributed by atoms with E-state index in [0.29, 0.717) is 4.68 Å². The number of nitrogens with zero attached hydrogens (tertiary/aromatic N) is 6. The summed E-state index contributed by atoms with van der Waals surface area (Å²) in [6.07, 6.45) is -4.70. The molecule has 0 amide bonds. The second kappa shape index (κ2) is 7.26. The van der Waals surface area contributed by atoms with Gasteiger partial charge in [0.2, 0.25) is 17.1 Å². The van der Waals surface area contributed by atoms with E-state index in [9.17, 15) is 13.2 Å². The van der Waals surface area contributed by atoms with Crippen molar-refractivity contribution in [3.8, 4) is 0 Å². The average Bonchev–Trinajstić information content (AvgIpc) is 2.96. The van der Waals surface area contributed by atoms with E-state index in [1.54, 1.807) is 6.92 Å². The van der Waals surface area contributed by atoms with Gasteiger partial charge >= 0.3 is 6.18 Å². The Morgan fingerprint density at radius 1 is 1.11 bits per heavy atom. The van der Waals surface area contributed by atoms with Crippen LogP contribution in [0.15, 0.2) is 35.5 Å². The van der Waals surface area contributed by atoms with Crippen molar-refractivity contribution in [2.45, 2.75) is 23.5 Å². The lowest BCUT2D eigenvalue weighted by molar-refractivity contribution is -0.146. The fraction of sp³-hybridized carbons (Fsp3) is 0.214. The minimum Gasteiger partial charge on any atom is -0.368 e. The predicted molar refractivity (Wildman–Crippen MR) is 93.4 cm³/mol. The topological polar surface area (TPSA) is 133 Å². The largest absolute Gasteiger partial charge is 0.453 e. The molecule has 0 radical (unpaired) electrons. The zero-order valence-corrected chi connectivity index (χ0v) is 14.7. The number of anilines is 3. The summed E-state index contributed by atoms with van der Waals surface area (Å²) in [7, 11) is 0. The van der Waals surface area contributed by atoms with Crippen molar-refractivity contribution in [2.75, 3.05) is 16.9 Å². The number of rotatable bonds is 5. The zero-order valence-electron chi connectivity index (χ0n) is 13.8. The van der Waals surface area contributed by atoms with Gasteiger partial charge in [-0.2, -0.15) is 28.1 Å². The van der Waals surface area contributed by atoms with Crippen LogP contribution in [-0.4, -0.2) is 29.8 Å². The number of thioether (sulfide) groups is 1. The molecule has 0 fully saturated rings. The first-order valence-corrected chi connectivity index (χ1v) is 8.40. The lowest BCUT2D eigenvalue weighted by Crippen LogP contribution is -2.21. The zero-order chi connectivity index (χ0) is 19.6.